The van der Waals surface area contributed by atoms with Gasteiger partial charge in [-0.2, -0.15) is 13.2 Å². The first kappa shape index (κ1) is 12.4. The molecule has 0 aliphatic carbocycles. The number of hydroxylamine groups is 1. The molecule has 1 aromatic rings. The molecule has 0 atom stereocenters. The molecule has 0 radical (unpaired) electrons. The topological polar surface area (TPSA) is 58.6 Å². The lowest BCUT2D eigenvalue weighted by Gasteiger charge is -2.09. The number of carbonyl (C=O) groups is 1. The van der Waals surface area contributed by atoms with Gasteiger partial charge in [0, 0.05) is 5.56 Å². The predicted octanol–water partition coefficient (Wildman–Crippen LogP) is 2.04. The molecule has 4 nitrogen and oxygen atoms in total. The summed E-state index contributed by atoms with van der Waals surface area (Å²) in [7, 11) is 0. The molecule has 1 aliphatic rings. The molecule has 0 saturated heterocycles. The molecule has 0 bridgehead atoms. The van der Waals surface area contributed by atoms with Crippen LogP contribution in [0.1, 0.15) is 11.1 Å². The first-order chi connectivity index (χ1) is 8.39. The van der Waals surface area contributed by atoms with Gasteiger partial charge in [0.15, 0.2) is 0 Å². The van der Waals surface area contributed by atoms with Crippen LogP contribution in [0.5, 0.6) is 0 Å². The van der Waals surface area contributed by atoms with Crippen molar-refractivity contribution in [3.63, 3.8) is 0 Å². The second-order valence-corrected chi connectivity index (χ2v) is 3.63. The van der Waals surface area contributed by atoms with Gasteiger partial charge in [-0.1, -0.05) is 12.1 Å². The number of rotatable bonds is 2. The minimum atomic E-state index is -4.47. The Hall–Kier alpha value is -2.02. The second-order valence-electron chi connectivity index (χ2n) is 3.63. The van der Waals surface area contributed by atoms with Gasteiger partial charge in [-0.3, -0.25) is 10.3 Å². The first-order valence-corrected chi connectivity index (χ1v) is 4.91. The Kier molecular flexibility index (Phi) is 3.00. The Morgan fingerprint density at radius 2 is 2.11 bits per heavy atom. The lowest BCUT2D eigenvalue weighted by Crippen LogP contribution is -2.09. The molecule has 1 heterocycles. The fourth-order valence-corrected chi connectivity index (χ4v) is 1.57. The number of benzene rings is 1. The SMILES string of the molecule is O=C(O)C1=C(c2cccc(C(F)(F)F)c2)NOC1. The Labute approximate surface area is 99.6 Å². The highest BCUT2D eigenvalue weighted by molar-refractivity contribution is 5.96. The van der Waals surface area contributed by atoms with Crippen molar-refractivity contribution in [1.29, 1.82) is 0 Å². The van der Waals surface area contributed by atoms with Crippen LogP contribution in [0.25, 0.3) is 5.70 Å². The highest BCUT2D eigenvalue weighted by Gasteiger charge is 2.31. The van der Waals surface area contributed by atoms with Crippen molar-refractivity contribution in [3.05, 3.63) is 41.0 Å². The van der Waals surface area contributed by atoms with Crippen LogP contribution in [-0.2, 0) is 15.8 Å². The van der Waals surface area contributed by atoms with Crippen molar-refractivity contribution in [1.82, 2.24) is 5.48 Å². The Morgan fingerprint density at radius 1 is 1.39 bits per heavy atom. The van der Waals surface area contributed by atoms with Crippen LogP contribution >= 0.6 is 0 Å². The zero-order valence-corrected chi connectivity index (χ0v) is 8.91. The van der Waals surface area contributed by atoms with E-state index in [0.29, 0.717) is 0 Å². The quantitative estimate of drug-likeness (QED) is 0.853. The number of aliphatic carboxylic acids is 1. The molecule has 0 aromatic heterocycles. The summed E-state index contributed by atoms with van der Waals surface area (Å²) in [5.74, 6) is -1.23. The largest absolute Gasteiger partial charge is 0.478 e. The summed E-state index contributed by atoms with van der Waals surface area (Å²) in [6.07, 6.45) is -4.47. The number of nitrogens with one attached hydrogen (secondary N) is 1. The van der Waals surface area contributed by atoms with Crippen LogP contribution in [0, 0.1) is 0 Å². The molecule has 7 heteroatoms. The lowest BCUT2D eigenvalue weighted by molar-refractivity contribution is -0.137. The third-order valence-corrected chi connectivity index (χ3v) is 2.43. The molecule has 0 amide bonds. The van der Waals surface area contributed by atoms with Crippen LogP contribution in [-0.4, -0.2) is 17.7 Å². The van der Waals surface area contributed by atoms with Gasteiger partial charge in [-0.15, -0.1) is 0 Å². The van der Waals surface area contributed by atoms with E-state index in [-0.39, 0.29) is 23.4 Å². The summed E-state index contributed by atoms with van der Waals surface area (Å²) in [6.45, 7) is -0.194. The molecule has 2 N–H and O–H groups in total. The normalized spacial score (nSPS) is 15.7. The maximum atomic E-state index is 12.5. The third-order valence-electron chi connectivity index (χ3n) is 2.43. The molecule has 96 valence electrons. The summed E-state index contributed by atoms with van der Waals surface area (Å²) < 4.78 is 37.6. The average molecular weight is 259 g/mol. The smallest absolute Gasteiger partial charge is 0.416 e. The van der Waals surface area contributed by atoms with E-state index >= 15 is 0 Å². The molecule has 0 saturated carbocycles. The van der Waals surface area contributed by atoms with Gasteiger partial charge in [0.25, 0.3) is 0 Å². The van der Waals surface area contributed by atoms with E-state index in [9.17, 15) is 18.0 Å². The van der Waals surface area contributed by atoms with Gasteiger partial charge >= 0.3 is 12.1 Å². The molecule has 0 fully saturated rings. The van der Waals surface area contributed by atoms with Gasteiger partial charge < -0.3 is 5.11 Å². The van der Waals surface area contributed by atoms with E-state index in [1.165, 1.54) is 12.1 Å². The summed E-state index contributed by atoms with van der Waals surface area (Å²) in [4.78, 5) is 15.6. The summed E-state index contributed by atoms with van der Waals surface area (Å²) in [5, 5.41) is 8.87. The molecule has 1 aliphatic heterocycles. The number of carboxylic acid groups (broad SMARTS) is 1. The van der Waals surface area contributed by atoms with Gasteiger partial charge in [-0.25, -0.2) is 4.79 Å². The lowest BCUT2D eigenvalue weighted by atomic mass is 10.0. The van der Waals surface area contributed by atoms with E-state index in [1.807, 2.05) is 0 Å². The predicted molar refractivity (Wildman–Crippen MR) is 55.1 cm³/mol. The summed E-state index contributed by atoms with van der Waals surface area (Å²) in [5.41, 5.74) is 1.54. The van der Waals surface area contributed by atoms with Crippen LogP contribution in [0.3, 0.4) is 0 Å². The highest BCUT2D eigenvalue weighted by Crippen LogP contribution is 2.31. The van der Waals surface area contributed by atoms with E-state index < -0.39 is 17.7 Å². The molecule has 0 spiro atoms. The zero-order chi connectivity index (χ0) is 13.3. The fourth-order valence-electron chi connectivity index (χ4n) is 1.57. The van der Waals surface area contributed by atoms with Crippen molar-refractivity contribution in [2.75, 3.05) is 6.61 Å². The minimum absolute atomic E-state index is 0.0496. The zero-order valence-electron chi connectivity index (χ0n) is 8.91. The second kappa shape index (κ2) is 4.34. The average Bonchev–Trinajstić information content (AvgIpc) is 2.77. The van der Waals surface area contributed by atoms with E-state index in [0.717, 1.165) is 12.1 Å². The number of alkyl halides is 3. The number of hydrogen-bond acceptors (Lipinski definition) is 3. The van der Waals surface area contributed by atoms with Crippen LogP contribution in [0.2, 0.25) is 0 Å². The van der Waals surface area contributed by atoms with Crippen molar-refractivity contribution in [3.8, 4) is 0 Å². The molecule has 2 rings (SSSR count). The number of halogens is 3. The monoisotopic (exact) mass is 259 g/mol. The van der Waals surface area contributed by atoms with Crippen LogP contribution in [0.15, 0.2) is 29.8 Å². The van der Waals surface area contributed by atoms with Gasteiger partial charge in [0.2, 0.25) is 0 Å². The van der Waals surface area contributed by atoms with Crippen LogP contribution < -0.4 is 5.48 Å². The van der Waals surface area contributed by atoms with Crippen LogP contribution in [0.4, 0.5) is 13.2 Å². The Morgan fingerprint density at radius 3 is 2.72 bits per heavy atom. The van der Waals surface area contributed by atoms with E-state index in [1.54, 1.807) is 0 Å². The van der Waals surface area contributed by atoms with E-state index in [2.05, 4.69) is 5.48 Å². The number of carboxylic acids is 1. The van der Waals surface area contributed by atoms with Crippen molar-refractivity contribution in [2.45, 2.75) is 6.18 Å². The first-order valence-electron chi connectivity index (χ1n) is 4.91. The Bertz CT molecular complexity index is 523. The van der Waals surface area contributed by atoms with E-state index in [4.69, 9.17) is 9.94 Å². The fraction of sp³-hybridized carbons (Fsp3) is 0.182. The van der Waals surface area contributed by atoms with Gasteiger partial charge in [0.05, 0.1) is 16.8 Å². The maximum absolute atomic E-state index is 12.5. The third kappa shape index (κ3) is 2.30. The standard InChI is InChI=1S/C11H8F3NO3/c12-11(13,14)7-3-1-2-6(4-7)9-8(10(16)17)5-18-15-9/h1-4,15H,5H2,(H,16,17). The van der Waals surface area contributed by atoms with Crippen molar-refractivity contribution in [2.24, 2.45) is 0 Å². The highest BCUT2D eigenvalue weighted by atomic mass is 19.4. The summed E-state index contributed by atoms with van der Waals surface area (Å²) in [6, 6.07) is 4.39. The molecule has 18 heavy (non-hydrogen) atoms. The minimum Gasteiger partial charge on any atom is -0.478 e. The molecular weight excluding hydrogens is 251 g/mol. The maximum Gasteiger partial charge on any atom is 0.416 e. The molecule has 0 unspecified atom stereocenters. The molecular formula is C11H8F3NO3. The van der Waals surface area contributed by atoms with Gasteiger partial charge in [0.1, 0.15) is 6.61 Å². The van der Waals surface area contributed by atoms with Crippen molar-refractivity contribution >= 4 is 11.7 Å². The molecule has 1 aromatic carbocycles. The summed E-state index contributed by atoms with van der Waals surface area (Å²) >= 11 is 0. The number of hydrogen-bond donors (Lipinski definition) is 2. The van der Waals surface area contributed by atoms with Crippen molar-refractivity contribution < 1.29 is 27.9 Å². The Balaban J connectivity index is 2.46. The van der Waals surface area contributed by atoms with Gasteiger partial charge in [-0.05, 0) is 12.1 Å².